The number of halogens is 2. The van der Waals surface area contributed by atoms with E-state index in [1.54, 1.807) is 59.5 Å². The molecule has 1 unspecified atom stereocenters. The highest BCUT2D eigenvalue weighted by molar-refractivity contribution is 8.00. The van der Waals surface area contributed by atoms with E-state index in [4.69, 9.17) is 11.6 Å². The van der Waals surface area contributed by atoms with E-state index in [0.717, 1.165) is 10.4 Å². The number of thiophene rings is 1. The average molecular weight is 764 g/mol. The van der Waals surface area contributed by atoms with Gasteiger partial charge in [-0.15, -0.1) is 23.1 Å². The van der Waals surface area contributed by atoms with Crippen LogP contribution in [0.25, 0.3) is 6.08 Å². The van der Waals surface area contributed by atoms with Crippen molar-refractivity contribution >= 4 is 75.1 Å². The average Bonchev–Trinajstić information content (AvgIpc) is 3.51. The van der Waals surface area contributed by atoms with Crippen LogP contribution in [0.1, 0.15) is 49.7 Å². The van der Waals surface area contributed by atoms with Crippen molar-refractivity contribution in [3.8, 4) is 6.07 Å². The smallest absolute Gasteiger partial charge is 0.272 e. The third-order valence-corrected chi connectivity index (χ3v) is 11.1. The fourth-order valence-electron chi connectivity index (χ4n) is 5.67. The second-order valence-electron chi connectivity index (χ2n) is 11.9. The van der Waals surface area contributed by atoms with E-state index in [1.807, 2.05) is 30.3 Å². The first-order valence-corrected chi connectivity index (χ1v) is 18.4. The number of fused-ring (bicyclic) bond motifs is 1. The Morgan fingerprint density at radius 3 is 2.38 bits per heavy atom. The van der Waals surface area contributed by atoms with Crippen LogP contribution in [0.5, 0.6) is 0 Å². The van der Waals surface area contributed by atoms with Crippen LogP contribution >= 0.6 is 34.7 Å². The minimum absolute atomic E-state index is 0.0502. The second kappa shape index (κ2) is 16.7. The molecule has 53 heavy (non-hydrogen) atoms. The number of nitriles is 1. The first kappa shape index (κ1) is 37.0. The zero-order valence-electron chi connectivity index (χ0n) is 28.2. The number of amides is 4. The molecule has 0 saturated heterocycles. The van der Waals surface area contributed by atoms with E-state index < -0.39 is 22.9 Å². The molecular weight excluding hydrogens is 733 g/mol. The summed E-state index contributed by atoms with van der Waals surface area (Å²) < 4.78 is 14.8. The molecule has 4 amide bonds. The van der Waals surface area contributed by atoms with E-state index >= 15 is 0 Å². The third-order valence-electron chi connectivity index (χ3n) is 8.35. The quantitative estimate of drug-likeness (QED) is 0.0971. The summed E-state index contributed by atoms with van der Waals surface area (Å²) in [4.78, 5) is 56.0. The third kappa shape index (κ3) is 8.84. The van der Waals surface area contributed by atoms with Gasteiger partial charge in [-0.2, -0.15) is 5.26 Å². The number of benzene rings is 4. The molecule has 9 nitrogen and oxygen atoms in total. The lowest BCUT2D eigenvalue weighted by molar-refractivity contribution is -0.129. The molecule has 0 saturated carbocycles. The normalized spacial score (nSPS) is 12.9. The lowest BCUT2D eigenvalue weighted by atomic mass is 10.0. The summed E-state index contributed by atoms with van der Waals surface area (Å²) in [6.07, 6.45) is 1.71. The van der Waals surface area contributed by atoms with Crippen molar-refractivity contribution in [3.05, 3.63) is 152 Å². The zero-order chi connectivity index (χ0) is 37.5. The van der Waals surface area contributed by atoms with Crippen molar-refractivity contribution in [2.24, 2.45) is 0 Å². The van der Waals surface area contributed by atoms with Gasteiger partial charge in [0.2, 0.25) is 11.8 Å². The van der Waals surface area contributed by atoms with E-state index in [-0.39, 0.29) is 33.7 Å². The number of hydrogen-bond donors (Lipinski definition) is 3. The van der Waals surface area contributed by atoms with Gasteiger partial charge >= 0.3 is 0 Å². The van der Waals surface area contributed by atoms with Crippen molar-refractivity contribution in [2.45, 2.75) is 30.0 Å². The number of carbonyl (C=O) groups excluding carboxylic acids is 4. The number of hydrogen-bond acceptors (Lipinski definition) is 7. The van der Waals surface area contributed by atoms with Crippen molar-refractivity contribution in [3.63, 3.8) is 0 Å². The lowest BCUT2D eigenvalue weighted by Crippen LogP contribution is -2.33. The summed E-state index contributed by atoms with van der Waals surface area (Å²) >= 11 is 8.79. The van der Waals surface area contributed by atoms with Crippen LogP contribution in [0, 0.1) is 17.1 Å². The molecule has 0 fully saturated rings. The maximum absolute atomic E-state index is 14.8. The molecule has 1 aliphatic rings. The molecule has 13 heteroatoms. The van der Waals surface area contributed by atoms with Gasteiger partial charge in [-0.25, -0.2) is 4.39 Å². The van der Waals surface area contributed by atoms with Gasteiger partial charge in [-0.05, 0) is 66.1 Å². The summed E-state index contributed by atoms with van der Waals surface area (Å²) in [5.74, 6) is -2.40. The Morgan fingerprint density at radius 1 is 0.962 bits per heavy atom. The molecule has 2 heterocycles. The van der Waals surface area contributed by atoms with Crippen molar-refractivity contribution < 1.29 is 23.6 Å². The predicted molar refractivity (Wildman–Crippen MR) is 206 cm³/mol. The Morgan fingerprint density at radius 2 is 1.68 bits per heavy atom. The van der Waals surface area contributed by atoms with Crippen LogP contribution in [0.2, 0.25) is 5.02 Å². The summed E-state index contributed by atoms with van der Waals surface area (Å²) in [5.41, 5.74) is 2.28. The maximum Gasteiger partial charge on any atom is 0.272 e. The highest BCUT2D eigenvalue weighted by atomic mass is 35.5. The van der Waals surface area contributed by atoms with E-state index in [1.165, 1.54) is 54.3 Å². The van der Waals surface area contributed by atoms with Crippen molar-refractivity contribution in [1.29, 1.82) is 5.26 Å². The Balaban J connectivity index is 1.25. The van der Waals surface area contributed by atoms with Gasteiger partial charge < -0.3 is 20.9 Å². The van der Waals surface area contributed by atoms with E-state index in [2.05, 4.69) is 22.0 Å². The standard InChI is InChI=1S/C40H31ClFN5O4S2/c1-24(48)47-19-18-29-31(22-43)40(53-35(29)23-47)46-39(51)36(25-10-4-2-5-11-25)52-28-15-8-14-27(20-28)44-38(50)34(21-30-32(41)16-9-17-33(30)42)45-37(49)26-12-6-3-7-13-26/h2-17,20-21,36H,18-19,23H2,1H3,(H,44,50)(H,45,49)(H,46,51)/b34-21+. The maximum atomic E-state index is 14.8. The minimum atomic E-state index is -0.759. The molecule has 1 aromatic heterocycles. The zero-order valence-corrected chi connectivity index (χ0v) is 30.6. The second-order valence-corrected chi connectivity index (χ2v) is 14.6. The Bertz CT molecular complexity index is 2250. The molecule has 3 N–H and O–H groups in total. The summed E-state index contributed by atoms with van der Waals surface area (Å²) in [7, 11) is 0. The number of thioether (sulfide) groups is 1. The molecule has 6 rings (SSSR count). The molecule has 0 radical (unpaired) electrons. The van der Waals surface area contributed by atoms with Crippen LogP contribution in [-0.4, -0.2) is 35.1 Å². The molecule has 0 aliphatic carbocycles. The van der Waals surface area contributed by atoms with Crippen LogP contribution in [0.3, 0.4) is 0 Å². The molecular formula is C40H31ClFN5O4S2. The van der Waals surface area contributed by atoms with Crippen LogP contribution in [0.4, 0.5) is 15.1 Å². The Labute approximate surface area is 318 Å². The molecule has 1 atom stereocenters. The molecule has 266 valence electrons. The van der Waals surface area contributed by atoms with E-state index in [0.29, 0.717) is 46.2 Å². The number of carbonyl (C=O) groups is 4. The Hall–Kier alpha value is -5.74. The monoisotopic (exact) mass is 763 g/mol. The van der Waals surface area contributed by atoms with Crippen molar-refractivity contribution in [1.82, 2.24) is 10.2 Å². The van der Waals surface area contributed by atoms with Crippen LogP contribution in [0.15, 0.2) is 114 Å². The topological polar surface area (TPSA) is 131 Å². The molecule has 1 aliphatic heterocycles. The lowest BCUT2D eigenvalue weighted by Gasteiger charge is -2.25. The van der Waals surface area contributed by atoms with Gasteiger partial charge in [0.1, 0.15) is 27.8 Å². The summed E-state index contributed by atoms with van der Waals surface area (Å²) in [5, 5.41) is 18.1. The molecule has 5 aromatic rings. The van der Waals surface area contributed by atoms with Gasteiger partial charge in [0, 0.05) is 40.1 Å². The highest BCUT2D eigenvalue weighted by Crippen LogP contribution is 2.41. The number of rotatable bonds is 10. The van der Waals surface area contributed by atoms with Crippen molar-refractivity contribution in [2.75, 3.05) is 17.2 Å². The summed E-state index contributed by atoms with van der Waals surface area (Å²) in [6.45, 7) is 2.40. The highest BCUT2D eigenvalue weighted by Gasteiger charge is 2.29. The SMILES string of the molecule is CC(=O)N1CCc2c(sc(NC(=O)C(Sc3cccc(NC(=O)/C(=C\c4c(F)cccc4Cl)NC(=O)c4ccccc4)c3)c3ccccc3)c2C#N)C1. The van der Waals surface area contributed by atoms with Gasteiger partial charge in [0.15, 0.2) is 0 Å². The fourth-order valence-corrected chi connectivity index (χ4v) is 8.19. The largest absolute Gasteiger partial charge is 0.337 e. The van der Waals surface area contributed by atoms with Crippen LogP contribution < -0.4 is 16.0 Å². The number of nitrogens with zero attached hydrogens (tertiary/aromatic N) is 2. The Kier molecular flexibility index (Phi) is 11.7. The van der Waals surface area contributed by atoms with Crippen LogP contribution in [-0.2, 0) is 27.3 Å². The van der Waals surface area contributed by atoms with Gasteiger partial charge in [0.05, 0.1) is 17.1 Å². The molecule has 4 aromatic carbocycles. The first-order valence-electron chi connectivity index (χ1n) is 16.4. The van der Waals surface area contributed by atoms with Gasteiger partial charge in [-0.3, -0.25) is 19.2 Å². The van der Waals surface area contributed by atoms with Gasteiger partial charge in [-0.1, -0.05) is 72.3 Å². The number of nitrogens with one attached hydrogen (secondary N) is 3. The van der Waals surface area contributed by atoms with E-state index in [9.17, 15) is 28.8 Å². The predicted octanol–water partition coefficient (Wildman–Crippen LogP) is 8.20. The number of anilines is 2. The molecule has 0 bridgehead atoms. The minimum Gasteiger partial charge on any atom is -0.337 e. The first-order chi connectivity index (χ1) is 25.6. The summed E-state index contributed by atoms with van der Waals surface area (Å²) in [6, 6.07) is 30.6. The van der Waals surface area contributed by atoms with Gasteiger partial charge in [0.25, 0.3) is 11.8 Å². The molecule has 0 spiro atoms. The fraction of sp³-hybridized carbons (Fsp3) is 0.125.